The first kappa shape index (κ1) is 18.1. The Kier molecular flexibility index (Phi) is 4.91. The molecule has 0 saturated heterocycles. The maximum atomic E-state index is 5.55. The Bertz CT molecular complexity index is 1220. The van der Waals surface area contributed by atoms with E-state index in [9.17, 15) is 0 Å². The summed E-state index contributed by atoms with van der Waals surface area (Å²) in [5, 5.41) is 2.14. The van der Waals surface area contributed by atoms with Gasteiger partial charge in [-0.2, -0.15) is 0 Å². The van der Waals surface area contributed by atoms with Crippen molar-refractivity contribution in [3.05, 3.63) is 87.2 Å². The molecule has 2 aromatic heterocycles. The molecule has 1 aliphatic heterocycles. The van der Waals surface area contributed by atoms with Crippen molar-refractivity contribution in [1.29, 1.82) is 0 Å². The molecule has 2 aromatic carbocycles. The molecule has 144 valence electrons. The highest BCUT2D eigenvalue weighted by atomic mass is 79.9. The van der Waals surface area contributed by atoms with E-state index in [1.807, 2.05) is 24.3 Å². The van der Waals surface area contributed by atoms with Gasteiger partial charge in [-0.15, -0.1) is 11.3 Å². The number of ether oxygens (including phenoxy) is 2. The summed E-state index contributed by atoms with van der Waals surface area (Å²) in [6, 6.07) is 18.2. The first-order valence-electron chi connectivity index (χ1n) is 9.04. The zero-order chi connectivity index (χ0) is 19.6. The Hall–Kier alpha value is -2.90. The lowest BCUT2D eigenvalue weighted by molar-refractivity contribution is 0.174. The predicted octanol–water partition coefficient (Wildman–Crippen LogP) is 5.38. The van der Waals surface area contributed by atoms with Crippen LogP contribution in [0.15, 0.2) is 81.8 Å². The summed E-state index contributed by atoms with van der Waals surface area (Å²) in [4.78, 5) is 9.91. The summed E-state index contributed by atoms with van der Waals surface area (Å²) < 4.78 is 14.3. The van der Waals surface area contributed by atoms with Gasteiger partial charge < -0.3 is 14.0 Å². The molecule has 0 fully saturated rings. The van der Waals surface area contributed by atoms with Crippen LogP contribution in [0.25, 0.3) is 11.3 Å². The van der Waals surface area contributed by atoms with Crippen molar-refractivity contribution in [2.75, 3.05) is 6.79 Å². The SMILES string of the molecule is Brc1ccc(-c2csc(=Nc3cccnc3)n2Cc2ccc3c(c2)OCO3)cc1. The molecule has 3 heterocycles. The number of pyridine rings is 1. The number of hydrogen-bond acceptors (Lipinski definition) is 5. The minimum absolute atomic E-state index is 0.274. The predicted molar refractivity (Wildman–Crippen MR) is 117 cm³/mol. The minimum Gasteiger partial charge on any atom is -0.454 e. The molecule has 0 radical (unpaired) electrons. The molecule has 5 nitrogen and oxygen atoms in total. The Morgan fingerprint density at radius 1 is 1.07 bits per heavy atom. The second-order valence-electron chi connectivity index (χ2n) is 6.51. The first-order valence-corrected chi connectivity index (χ1v) is 10.7. The summed E-state index contributed by atoms with van der Waals surface area (Å²) in [7, 11) is 0. The van der Waals surface area contributed by atoms with Gasteiger partial charge in [-0.1, -0.05) is 34.1 Å². The number of aromatic nitrogens is 2. The third-order valence-corrected chi connectivity index (χ3v) is 5.98. The first-order chi connectivity index (χ1) is 14.3. The average Bonchev–Trinajstić information content (AvgIpc) is 3.37. The molecule has 1 aliphatic rings. The molecular weight excluding hydrogens is 450 g/mol. The summed E-state index contributed by atoms with van der Waals surface area (Å²) >= 11 is 5.13. The quantitative estimate of drug-likeness (QED) is 0.406. The number of thiazole rings is 1. The molecule has 0 amide bonds. The van der Waals surface area contributed by atoms with E-state index in [4.69, 9.17) is 14.5 Å². The van der Waals surface area contributed by atoms with E-state index in [0.29, 0.717) is 6.54 Å². The molecule has 0 atom stereocenters. The highest BCUT2D eigenvalue weighted by Crippen LogP contribution is 2.33. The van der Waals surface area contributed by atoms with Gasteiger partial charge in [0, 0.05) is 16.0 Å². The molecule has 7 heteroatoms. The van der Waals surface area contributed by atoms with Gasteiger partial charge in [0.2, 0.25) is 6.79 Å². The highest BCUT2D eigenvalue weighted by molar-refractivity contribution is 9.10. The van der Waals surface area contributed by atoms with E-state index >= 15 is 0 Å². The van der Waals surface area contributed by atoms with Crippen molar-refractivity contribution in [2.24, 2.45) is 4.99 Å². The normalized spacial score (nSPS) is 13.1. The van der Waals surface area contributed by atoms with Gasteiger partial charge in [0.1, 0.15) is 0 Å². The molecule has 0 spiro atoms. The largest absolute Gasteiger partial charge is 0.454 e. The van der Waals surface area contributed by atoms with Gasteiger partial charge in [0.05, 0.1) is 24.1 Å². The van der Waals surface area contributed by atoms with Gasteiger partial charge >= 0.3 is 0 Å². The number of fused-ring (bicyclic) bond motifs is 1. The fraction of sp³-hybridized carbons (Fsp3) is 0.0909. The van der Waals surface area contributed by atoms with Crippen LogP contribution in [0.1, 0.15) is 5.56 Å². The van der Waals surface area contributed by atoms with E-state index in [-0.39, 0.29) is 6.79 Å². The summed E-state index contributed by atoms with van der Waals surface area (Å²) in [5.41, 5.74) is 4.20. The Balaban J connectivity index is 1.61. The lowest BCUT2D eigenvalue weighted by Gasteiger charge is -2.10. The highest BCUT2D eigenvalue weighted by Gasteiger charge is 2.15. The number of hydrogen-bond donors (Lipinski definition) is 0. The van der Waals surface area contributed by atoms with Gasteiger partial charge in [-0.05, 0) is 47.5 Å². The van der Waals surface area contributed by atoms with Crippen LogP contribution in [0.5, 0.6) is 11.5 Å². The third kappa shape index (κ3) is 3.83. The molecule has 4 aromatic rings. The third-order valence-electron chi connectivity index (χ3n) is 4.59. The molecule has 0 unspecified atom stereocenters. The van der Waals surface area contributed by atoms with Crippen molar-refractivity contribution in [3.63, 3.8) is 0 Å². The second-order valence-corrected chi connectivity index (χ2v) is 8.26. The van der Waals surface area contributed by atoms with Crippen molar-refractivity contribution < 1.29 is 9.47 Å². The maximum Gasteiger partial charge on any atom is 0.231 e. The van der Waals surface area contributed by atoms with Gasteiger partial charge in [0.25, 0.3) is 0 Å². The zero-order valence-electron chi connectivity index (χ0n) is 15.3. The fourth-order valence-electron chi connectivity index (χ4n) is 3.18. The number of nitrogens with zero attached hydrogens (tertiary/aromatic N) is 3. The molecule has 5 rings (SSSR count). The van der Waals surface area contributed by atoms with Crippen LogP contribution in [0, 0.1) is 0 Å². The van der Waals surface area contributed by atoms with Gasteiger partial charge in [0.15, 0.2) is 16.3 Å². The Labute approximate surface area is 180 Å². The molecule has 29 heavy (non-hydrogen) atoms. The van der Waals surface area contributed by atoms with E-state index in [1.54, 1.807) is 23.7 Å². The van der Waals surface area contributed by atoms with E-state index < -0.39 is 0 Å². The van der Waals surface area contributed by atoms with Crippen molar-refractivity contribution in [2.45, 2.75) is 6.54 Å². The fourth-order valence-corrected chi connectivity index (χ4v) is 4.37. The standard InChI is InChI=1S/C22H16BrN3O2S/c23-17-6-4-16(5-7-17)19-13-29-22(25-18-2-1-9-24-11-18)26(19)12-15-3-8-20-21(10-15)28-14-27-20/h1-11,13H,12,14H2. The van der Waals surface area contributed by atoms with Crippen molar-refractivity contribution >= 4 is 33.0 Å². The molecule has 0 aliphatic carbocycles. The summed E-state index contributed by atoms with van der Waals surface area (Å²) in [5.74, 6) is 1.58. The molecular formula is C22H16BrN3O2S. The number of halogens is 1. The second kappa shape index (κ2) is 7.85. The van der Waals surface area contributed by atoms with E-state index in [0.717, 1.165) is 43.3 Å². The van der Waals surface area contributed by atoms with Crippen LogP contribution >= 0.6 is 27.3 Å². The topological polar surface area (TPSA) is 48.6 Å². The number of benzene rings is 2. The van der Waals surface area contributed by atoms with E-state index in [1.165, 1.54) is 0 Å². The van der Waals surface area contributed by atoms with Crippen LogP contribution < -0.4 is 14.3 Å². The average molecular weight is 466 g/mol. The molecule has 0 bridgehead atoms. The molecule has 0 N–H and O–H groups in total. The monoisotopic (exact) mass is 465 g/mol. The van der Waals surface area contributed by atoms with E-state index in [2.05, 4.69) is 61.2 Å². The van der Waals surface area contributed by atoms with Crippen LogP contribution in [0.2, 0.25) is 0 Å². The van der Waals surface area contributed by atoms with Crippen LogP contribution in [-0.4, -0.2) is 16.3 Å². The molecule has 0 saturated carbocycles. The van der Waals surface area contributed by atoms with Crippen LogP contribution in [-0.2, 0) is 6.54 Å². The lowest BCUT2D eigenvalue weighted by Crippen LogP contribution is -2.16. The summed E-state index contributed by atoms with van der Waals surface area (Å²) in [6.45, 7) is 0.945. The number of rotatable bonds is 4. The maximum absolute atomic E-state index is 5.55. The van der Waals surface area contributed by atoms with Crippen LogP contribution in [0.4, 0.5) is 5.69 Å². The minimum atomic E-state index is 0.274. The van der Waals surface area contributed by atoms with Gasteiger partial charge in [-0.25, -0.2) is 4.99 Å². The zero-order valence-corrected chi connectivity index (χ0v) is 17.7. The van der Waals surface area contributed by atoms with Crippen molar-refractivity contribution in [3.8, 4) is 22.8 Å². The smallest absolute Gasteiger partial charge is 0.231 e. The Morgan fingerprint density at radius 3 is 2.76 bits per heavy atom. The van der Waals surface area contributed by atoms with Gasteiger partial charge in [-0.3, -0.25) is 4.98 Å². The van der Waals surface area contributed by atoms with Crippen molar-refractivity contribution in [1.82, 2.24) is 9.55 Å². The lowest BCUT2D eigenvalue weighted by atomic mass is 10.1. The summed E-state index contributed by atoms with van der Waals surface area (Å²) in [6.07, 6.45) is 3.52. The van der Waals surface area contributed by atoms with Crippen LogP contribution in [0.3, 0.4) is 0 Å². The Morgan fingerprint density at radius 2 is 1.93 bits per heavy atom.